The van der Waals surface area contributed by atoms with Crippen LogP contribution in [0.15, 0.2) is 24.3 Å². The Labute approximate surface area is 132 Å². The number of benzene rings is 1. The molecule has 0 bridgehead atoms. The van der Waals surface area contributed by atoms with Crippen molar-refractivity contribution in [3.05, 3.63) is 57.6 Å². The SMILES string of the molecule is Cc1cc(C(=O)COC(=O)c2c(F)cccc2Cl)c(C)n1C. The maximum atomic E-state index is 13.6. The van der Waals surface area contributed by atoms with Gasteiger partial charge in [0.25, 0.3) is 0 Å². The molecular formula is C16H15ClFNO3. The largest absolute Gasteiger partial charge is 0.454 e. The third-order valence-corrected chi connectivity index (χ3v) is 3.89. The molecule has 0 amide bonds. The summed E-state index contributed by atoms with van der Waals surface area (Å²) in [5.41, 5.74) is 1.82. The van der Waals surface area contributed by atoms with Crippen LogP contribution in [-0.4, -0.2) is 22.9 Å². The van der Waals surface area contributed by atoms with Gasteiger partial charge in [-0.3, -0.25) is 4.79 Å². The maximum Gasteiger partial charge on any atom is 0.343 e. The Balaban J connectivity index is 2.11. The Hall–Kier alpha value is -2.14. The van der Waals surface area contributed by atoms with Crippen LogP contribution < -0.4 is 0 Å². The Morgan fingerprint density at radius 2 is 2.00 bits per heavy atom. The number of carbonyl (C=O) groups excluding carboxylic acids is 2. The Bertz CT molecular complexity index is 732. The standard InChI is InChI=1S/C16H15ClFNO3/c1-9-7-11(10(2)19(9)3)14(20)8-22-16(21)15-12(17)5-4-6-13(15)18/h4-7H,8H2,1-3H3. The van der Waals surface area contributed by atoms with Gasteiger partial charge in [-0.2, -0.15) is 0 Å². The number of esters is 1. The zero-order valence-corrected chi connectivity index (χ0v) is 13.2. The predicted molar refractivity (Wildman–Crippen MR) is 80.9 cm³/mol. The molecule has 0 N–H and O–H groups in total. The van der Waals surface area contributed by atoms with Crippen molar-refractivity contribution >= 4 is 23.4 Å². The van der Waals surface area contributed by atoms with Crippen LogP contribution in [0.4, 0.5) is 4.39 Å². The van der Waals surface area contributed by atoms with Gasteiger partial charge in [-0.1, -0.05) is 17.7 Å². The summed E-state index contributed by atoms with van der Waals surface area (Å²) in [6, 6.07) is 5.60. The van der Waals surface area contributed by atoms with Gasteiger partial charge in [-0.05, 0) is 32.0 Å². The lowest BCUT2D eigenvalue weighted by atomic mass is 10.1. The summed E-state index contributed by atoms with van der Waals surface area (Å²) in [6.45, 7) is 3.21. The van der Waals surface area contributed by atoms with Crippen LogP contribution in [0.5, 0.6) is 0 Å². The van der Waals surface area contributed by atoms with Crippen LogP contribution >= 0.6 is 11.6 Å². The second kappa shape index (κ2) is 6.32. The minimum Gasteiger partial charge on any atom is -0.454 e. The first kappa shape index (κ1) is 16.2. The second-order valence-corrected chi connectivity index (χ2v) is 5.35. The van der Waals surface area contributed by atoms with Gasteiger partial charge >= 0.3 is 5.97 Å². The van der Waals surface area contributed by atoms with Crippen molar-refractivity contribution in [1.29, 1.82) is 0 Å². The van der Waals surface area contributed by atoms with Crippen molar-refractivity contribution in [3.8, 4) is 0 Å². The van der Waals surface area contributed by atoms with E-state index >= 15 is 0 Å². The van der Waals surface area contributed by atoms with Crippen molar-refractivity contribution < 1.29 is 18.7 Å². The van der Waals surface area contributed by atoms with Crippen molar-refractivity contribution in [3.63, 3.8) is 0 Å². The molecule has 0 aliphatic heterocycles. The highest BCUT2D eigenvalue weighted by Gasteiger charge is 2.20. The van der Waals surface area contributed by atoms with Crippen molar-refractivity contribution in [2.24, 2.45) is 7.05 Å². The average molecular weight is 324 g/mol. The van der Waals surface area contributed by atoms with Crippen LogP contribution in [-0.2, 0) is 11.8 Å². The van der Waals surface area contributed by atoms with Crippen LogP contribution in [0.2, 0.25) is 5.02 Å². The summed E-state index contributed by atoms with van der Waals surface area (Å²) in [5.74, 6) is -2.08. The lowest BCUT2D eigenvalue weighted by Crippen LogP contribution is -2.16. The number of ether oxygens (including phenoxy) is 1. The molecule has 0 spiro atoms. The fraction of sp³-hybridized carbons (Fsp3) is 0.250. The second-order valence-electron chi connectivity index (χ2n) is 4.94. The van der Waals surface area contributed by atoms with E-state index in [9.17, 15) is 14.0 Å². The number of aryl methyl sites for hydroxylation is 1. The smallest absolute Gasteiger partial charge is 0.343 e. The van der Waals surface area contributed by atoms with E-state index in [-0.39, 0.29) is 16.4 Å². The first-order chi connectivity index (χ1) is 10.3. The molecule has 2 aromatic rings. The number of nitrogens with zero attached hydrogens (tertiary/aromatic N) is 1. The minimum absolute atomic E-state index is 0.0517. The molecule has 0 saturated carbocycles. The number of hydrogen-bond acceptors (Lipinski definition) is 3. The quantitative estimate of drug-likeness (QED) is 0.639. The molecule has 6 heteroatoms. The van der Waals surface area contributed by atoms with Crippen LogP contribution in [0.25, 0.3) is 0 Å². The molecule has 0 saturated heterocycles. The van der Waals surface area contributed by atoms with Gasteiger partial charge in [0.05, 0.1) is 5.02 Å². The normalized spacial score (nSPS) is 10.6. The zero-order valence-electron chi connectivity index (χ0n) is 12.4. The number of aromatic nitrogens is 1. The summed E-state index contributed by atoms with van der Waals surface area (Å²) in [6.07, 6.45) is 0. The monoisotopic (exact) mass is 323 g/mol. The summed E-state index contributed by atoms with van der Waals surface area (Å²) in [5, 5.41) is -0.0517. The maximum absolute atomic E-state index is 13.6. The molecule has 0 fully saturated rings. The minimum atomic E-state index is -0.957. The molecule has 22 heavy (non-hydrogen) atoms. The van der Waals surface area contributed by atoms with Crippen LogP contribution in [0.3, 0.4) is 0 Å². The first-order valence-corrected chi connectivity index (χ1v) is 6.98. The summed E-state index contributed by atoms with van der Waals surface area (Å²) >= 11 is 5.78. The van der Waals surface area contributed by atoms with E-state index in [0.29, 0.717) is 5.56 Å². The van der Waals surface area contributed by atoms with Crippen molar-refractivity contribution in [1.82, 2.24) is 4.57 Å². The fourth-order valence-corrected chi connectivity index (χ4v) is 2.35. The summed E-state index contributed by atoms with van der Waals surface area (Å²) in [4.78, 5) is 24.0. The summed E-state index contributed by atoms with van der Waals surface area (Å²) < 4.78 is 20.3. The highest BCUT2D eigenvalue weighted by atomic mass is 35.5. The number of rotatable bonds is 4. The van der Waals surface area contributed by atoms with E-state index < -0.39 is 18.4 Å². The lowest BCUT2D eigenvalue weighted by Gasteiger charge is -2.07. The van der Waals surface area contributed by atoms with Gasteiger partial charge in [-0.25, -0.2) is 9.18 Å². The summed E-state index contributed by atoms with van der Waals surface area (Å²) in [7, 11) is 1.84. The van der Waals surface area contributed by atoms with Crippen LogP contribution in [0.1, 0.15) is 32.1 Å². The highest BCUT2D eigenvalue weighted by Crippen LogP contribution is 2.20. The number of Topliss-reactive ketones (excluding diaryl/α,β-unsaturated/α-hetero) is 1. The first-order valence-electron chi connectivity index (χ1n) is 6.60. The molecule has 1 aromatic heterocycles. The average Bonchev–Trinajstić information content (AvgIpc) is 2.72. The predicted octanol–water partition coefficient (Wildman–Crippen LogP) is 3.47. The molecule has 1 aromatic carbocycles. The van der Waals surface area contributed by atoms with Gasteiger partial charge in [0, 0.05) is 24.0 Å². The molecule has 4 nitrogen and oxygen atoms in total. The third kappa shape index (κ3) is 3.04. The Kier molecular flexibility index (Phi) is 4.66. The topological polar surface area (TPSA) is 48.3 Å². The van der Waals surface area contributed by atoms with E-state index in [4.69, 9.17) is 16.3 Å². The Morgan fingerprint density at radius 3 is 2.55 bits per heavy atom. The van der Waals surface area contributed by atoms with E-state index in [1.165, 1.54) is 12.1 Å². The van der Waals surface area contributed by atoms with Gasteiger partial charge in [0.2, 0.25) is 5.78 Å². The van der Waals surface area contributed by atoms with E-state index in [0.717, 1.165) is 17.5 Å². The number of carbonyl (C=O) groups is 2. The number of halogens is 2. The molecule has 0 aliphatic rings. The molecule has 0 aliphatic carbocycles. The molecule has 116 valence electrons. The van der Waals surface area contributed by atoms with Gasteiger partial charge in [-0.15, -0.1) is 0 Å². The molecule has 0 radical (unpaired) electrons. The van der Waals surface area contributed by atoms with E-state index in [2.05, 4.69) is 0 Å². The van der Waals surface area contributed by atoms with Crippen LogP contribution in [0, 0.1) is 19.7 Å². The van der Waals surface area contributed by atoms with Crippen molar-refractivity contribution in [2.45, 2.75) is 13.8 Å². The van der Waals surface area contributed by atoms with Gasteiger partial charge in [0.1, 0.15) is 11.4 Å². The van der Waals surface area contributed by atoms with E-state index in [1.54, 1.807) is 13.0 Å². The fourth-order valence-electron chi connectivity index (χ4n) is 2.11. The number of ketones is 1. The lowest BCUT2D eigenvalue weighted by molar-refractivity contribution is 0.0470. The third-order valence-electron chi connectivity index (χ3n) is 3.58. The molecule has 0 atom stereocenters. The molecule has 2 rings (SSSR count). The highest BCUT2D eigenvalue weighted by molar-refractivity contribution is 6.33. The Morgan fingerprint density at radius 1 is 1.32 bits per heavy atom. The molecule has 0 unspecified atom stereocenters. The molecular weight excluding hydrogens is 309 g/mol. The van der Waals surface area contributed by atoms with E-state index in [1.807, 2.05) is 18.5 Å². The van der Waals surface area contributed by atoms with Gasteiger partial charge in [0.15, 0.2) is 6.61 Å². The zero-order chi connectivity index (χ0) is 16.4. The van der Waals surface area contributed by atoms with Crippen molar-refractivity contribution in [2.75, 3.05) is 6.61 Å². The number of hydrogen-bond donors (Lipinski definition) is 0. The van der Waals surface area contributed by atoms with Gasteiger partial charge < -0.3 is 9.30 Å². The molecule has 1 heterocycles.